The number of imide groups is 2. The third-order valence-electron chi connectivity index (χ3n) is 30.0. The topological polar surface area (TPSA) is 337 Å². The second-order valence-corrected chi connectivity index (χ2v) is 39.2. The molecule has 4 amide bonds. The lowest BCUT2D eigenvalue weighted by Gasteiger charge is -2.58. The van der Waals surface area contributed by atoms with Crippen LogP contribution < -0.4 is 21.7 Å². The first-order valence-electron chi connectivity index (χ1n) is 45.0. The van der Waals surface area contributed by atoms with Crippen LogP contribution in [0.4, 0.5) is 9.59 Å². The first-order valence-corrected chi connectivity index (χ1v) is 45.4. The Balaban J connectivity index is 0.000000258. The molecular weight excluding hydrogens is 1510 g/mol. The van der Waals surface area contributed by atoms with Crippen LogP contribution in [0.25, 0.3) is 0 Å². The average Bonchev–Trinajstić information content (AvgIpc) is 1.56. The highest BCUT2D eigenvalue weighted by atomic mass is 35.5. The summed E-state index contributed by atoms with van der Waals surface area (Å²) in [7, 11) is 1.46. The zero-order valence-electron chi connectivity index (χ0n) is 73.0. The molecule has 3 heterocycles. The molecule has 24 nitrogen and oxygen atoms in total. The fourth-order valence-electron chi connectivity index (χ4n) is 23.4. The number of fused-ring (bicyclic) bond motifs is 10. The van der Waals surface area contributed by atoms with Gasteiger partial charge in [-0.05, 0) is 268 Å². The van der Waals surface area contributed by atoms with Crippen LogP contribution in [0.1, 0.15) is 304 Å². The van der Waals surface area contributed by atoms with Crippen molar-refractivity contribution in [2.24, 2.45) is 98.4 Å². The van der Waals surface area contributed by atoms with Gasteiger partial charge in [-0.15, -0.1) is 0 Å². The molecule has 117 heavy (non-hydrogen) atoms. The molecule has 0 aromatic heterocycles. The number of nitrogens with one attached hydrogen (secondary N) is 3. The van der Waals surface area contributed by atoms with Crippen LogP contribution in [-0.2, 0) is 52.4 Å². The SMILES string of the molecule is C.C.CC(C)CCCC(C)C1CCC2C3CC=C4CC(OC(=O)Cl)CCC4(C)C3CCC12C.CC(C)CCCC(C)C1CCC2C3CC=C4CC(OC(=O)ON5C(=O)CCC5=O)CCC4(C)C3CCC12C.CCC(CO)OC(C)(CNCCCNCCCCNCCCN)CO[C@H]1OC(C)(COC)[C@H](O)[C@H](O)C1O.O=C1CCC(=O)N1O. The van der Waals surface area contributed by atoms with Crippen molar-refractivity contribution in [2.45, 2.75) is 358 Å². The number of carbonyl (C=O) groups is 6. The van der Waals surface area contributed by atoms with Gasteiger partial charge in [0.05, 0.1) is 25.9 Å². The Morgan fingerprint density at radius 2 is 1.09 bits per heavy atom. The second-order valence-electron chi connectivity index (χ2n) is 38.9. The van der Waals surface area contributed by atoms with E-state index in [1.165, 1.54) is 109 Å². The third-order valence-corrected chi connectivity index (χ3v) is 30.1. The number of methoxy groups -OCH3 is 1. The number of amides is 4. The van der Waals surface area contributed by atoms with Crippen molar-refractivity contribution >= 4 is 46.8 Å². The summed E-state index contributed by atoms with van der Waals surface area (Å²) in [6.45, 7) is 35.9. The smallest absolute Gasteiger partial charge is 0.450 e. The summed E-state index contributed by atoms with van der Waals surface area (Å²) in [5.74, 6) is 8.02. The first-order chi connectivity index (χ1) is 54.5. The van der Waals surface area contributed by atoms with E-state index < -0.39 is 71.0 Å². The van der Waals surface area contributed by atoms with E-state index in [2.05, 4.69) is 97.3 Å². The van der Waals surface area contributed by atoms with Gasteiger partial charge in [-0.1, -0.05) is 158 Å². The van der Waals surface area contributed by atoms with Gasteiger partial charge in [-0.3, -0.25) is 29.2 Å². The van der Waals surface area contributed by atoms with Gasteiger partial charge in [0.2, 0.25) is 0 Å². The zero-order chi connectivity index (χ0) is 84.2. The molecule has 6 saturated carbocycles. The molecule has 0 spiro atoms. The molecule has 8 aliphatic carbocycles. The molecule has 0 radical (unpaired) electrons. The number of rotatable bonds is 36. The number of hydrogen-bond acceptors (Lipinski definition) is 22. The Kier molecular flexibility index (Phi) is 40.9. The summed E-state index contributed by atoms with van der Waals surface area (Å²) in [5.41, 5.74) is 7.26. The summed E-state index contributed by atoms with van der Waals surface area (Å²) < 4.78 is 34.0. The average molecular weight is 1680 g/mol. The molecule has 20 unspecified atom stereocenters. The summed E-state index contributed by atoms with van der Waals surface area (Å²) in [6, 6.07) is 0. The highest BCUT2D eigenvalue weighted by Crippen LogP contribution is 2.69. The minimum absolute atomic E-state index is 0. The van der Waals surface area contributed by atoms with E-state index in [1.807, 2.05) is 13.8 Å². The Morgan fingerprint density at radius 3 is 1.54 bits per heavy atom. The Labute approximate surface area is 709 Å². The van der Waals surface area contributed by atoms with E-state index in [0.29, 0.717) is 40.2 Å². The van der Waals surface area contributed by atoms with Gasteiger partial charge in [-0.2, -0.15) is 5.06 Å². The van der Waals surface area contributed by atoms with E-state index in [9.17, 15) is 49.2 Å². The molecule has 0 bridgehead atoms. The molecule has 11 aliphatic rings. The normalized spacial score (nSPS) is 34.8. The number of allylic oxidation sites excluding steroid dienone is 2. The zero-order valence-corrected chi connectivity index (χ0v) is 73.8. The monoisotopic (exact) mass is 1680 g/mol. The van der Waals surface area contributed by atoms with Crippen molar-refractivity contribution in [3.05, 3.63) is 23.3 Å². The highest BCUT2D eigenvalue weighted by molar-refractivity contribution is 6.61. The summed E-state index contributed by atoms with van der Waals surface area (Å²) in [6.07, 6.45) is 30.7. The molecule has 3 aliphatic heterocycles. The van der Waals surface area contributed by atoms with Crippen molar-refractivity contribution in [3.8, 4) is 0 Å². The van der Waals surface area contributed by atoms with Crippen LogP contribution >= 0.6 is 11.6 Å². The maximum absolute atomic E-state index is 12.4. The van der Waals surface area contributed by atoms with Crippen LogP contribution in [0, 0.1) is 92.7 Å². The number of unbranched alkanes of at least 4 members (excludes halogenated alkanes) is 1. The Hall–Kier alpha value is -3.73. The van der Waals surface area contributed by atoms with Gasteiger partial charge >= 0.3 is 11.6 Å². The molecule has 23 atom stereocenters. The number of aliphatic hydroxyl groups excluding tert-OH is 4. The predicted octanol–water partition coefficient (Wildman–Crippen LogP) is 15.9. The first kappa shape index (κ1) is 102. The molecular formula is C92H163ClN6O18. The van der Waals surface area contributed by atoms with Gasteiger partial charge in [0.15, 0.2) is 6.29 Å². The largest absolute Gasteiger partial charge is 0.534 e. The van der Waals surface area contributed by atoms with E-state index in [1.54, 1.807) is 12.5 Å². The number of halogens is 1. The molecule has 25 heteroatoms. The van der Waals surface area contributed by atoms with Crippen LogP contribution in [0.3, 0.4) is 0 Å². The highest BCUT2D eigenvalue weighted by Gasteiger charge is 2.62. The summed E-state index contributed by atoms with van der Waals surface area (Å²) >= 11 is 5.51. The Bertz CT molecular complexity index is 3130. The molecule has 3 saturated heterocycles. The van der Waals surface area contributed by atoms with Gasteiger partial charge < -0.3 is 70.5 Å². The lowest BCUT2D eigenvalue weighted by molar-refractivity contribution is -0.341. The summed E-state index contributed by atoms with van der Waals surface area (Å²) in [5, 5.41) is 60.3. The number of nitrogens with two attached hydrogens (primary N) is 1. The number of ether oxygens (including phenoxy) is 6. The maximum Gasteiger partial charge on any atom is 0.534 e. The fraction of sp³-hybridized carbons (Fsp3) is 0.891. The minimum atomic E-state index is -1.46. The van der Waals surface area contributed by atoms with E-state index in [4.69, 9.17) is 55.8 Å². The van der Waals surface area contributed by atoms with Crippen LogP contribution in [0.5, 0.6) is 0 Å². The van der Waals surface area contributed by atoms with Gasteiger partial charge in [0.25, 0.3) is 23.6 Å². The predicted molar refractivity (Wildman–Crippen MR) is 457 cm³/mol. The molecule has 0 aromatic rings. The van der Waals surface area contributed by atoms with Crippen LogP contribution in [0.2, 0.25) is 0 Å². The minimum Gasteiger partial charge on any atom is -0.450 e. The van der Waals surface area contributed by atoms with Crippen molar-refractivity contribution in [3.63, 3.8) is 0 Å². The van der Waals surface area contributed by atoms with E-state index in [0.717, 1.165) is 175 Å². The molecule has 0 aromatic carbocycles. The van der Waals surface area contributed by atoms with Crippen molar-refractivity contribution in [2.75, 3.05) is 72.7 Å². The lowest BCUT2D eigenvalue weighted by Crippen LogP contribution is -2.65. The molecule has 9 fully saturated rings. The lowest BCUT2D eigenvalue weighted by atomic mass is 9.47. The number of carbonyl (C=O) groups excluding carboxylic acids is 6. The standard InChI is InChI=1S/C32H49NO5.C28H45ClO2.C26H56N4O8.C4H5NO3.2CH4/c1-20(2)7-6-8-21(3)25-11-12-26-24-10-9-22-19-23(37-30(36)38-33-28(34)13-14-29(33)35)15-17-31(22,4)27(24)16-18-32(25,26)5;1-18(2)7-6-8-19(3)23-11-12-24-22-10-9-20-17-21(31-26(29)30)13-15-27(20,4)25(22)14-16-28(23,24)5;1-5-20(16-31)37-25(2,17-30-15-9-14-29-12-7-6-11-28-13-8-10-27)18-36-24-22(33)21(32)23(34)26(3,38-24)19-35-4;6-3-1-2-4(7)5(3)8;;/h9,20-21,23-27H,6-8,10-19H2,1-5H3;9,18-19,21-25H,6-8,10-17H2,1-5H3;20-24,28-34H,5-19,27H2,1-4H3;8H,1-2H2;2*1H4/t;;20?,21-,22?,23-,24+,25?,26?;;;/m..1.../s1. The van der Waals surface area contributed by atoms with Crippen molar-refractivity contribution < 1.29 is 87.7 Å². The van der Waals surface area contributed by atoms with Crippen molar-refractivity contribution in [1.82, 2.24) is 26.1 Å². The van der Waals surface area contributed by atoms with Crippen LogP contribution in [-0.4, -0.2) is 198 Å². The van der Waals surface area contributed by atoms with Gasteiger partial charge in [-0.25, -0.2) is 9.59 Å². The summed E-state index contributed by atoms with van der Waals surface area (Å²) in [4.78, 5) is 72.6. The number of hydrogen-bond donors (Lipinski definition) is 9. The number of nitrogens with zero attached hydrogens (tertiary/aromatic N) is 2. The maximum atomic E-state index is 12.4. The quantitative estimate of drug-likeness (QED) is 0.00703. The number of aliphatic hydroxyl groups is 4. The van der Waals surface area contributed by atoms with Crippen LogP contribution in [0.15, 0.2) is 23.3 Å². The van der Waals surface area contributed by atoms with Crippen molar-refractivity contribution in [1.29, 1.82) is 0 Å². The van der Waals surface area contributed by atoms with Gasteiger partial charge in [0.1, 0.15) is 41.7 Å². The van der Waals surface area contributed by atoms with E-state index in [-0.39, 0.29) is 89.1 Å². The number of hydroxylamine groups is 4. The van der Waals surface area contributed by atoms with E-state index >= 15 is 0 Å². The molecule has 676 valence electrons. The molecule has 11 rings (SSSR count). The second kappa shape index (κ2) is 46.8. The third kappa shape index (κ3) is 26.2. The molecule has 10 N–H and O–H groups in total. The van der Waals surface area contributed by atoms with Gasteiger partial charge in [0, 0.05) is 63.8 Å². The fourth-order valence-corrected chi connectivity index (χ4v) is 23.6. The Morgan fingerprint density at radius 1 is 0.624 bits per heavy atom.